The fourth-order valence-electron chi connectivity index (χ4n) is 1.76. The first kappa shape index (κ1) is 9.63. The number of rotatable bonds is 1. The monoisotopic (exact) mass is 168 g/mol. The molecule has 0 amide bonds. The summed E-state index contributed by atoms with van der Waals surface area (Å²) < 4.78 is 5.73. The van der Waals surface area contributed by atoms with Crippen LogP contribution in [-0.2, 0) is 4.74 Å². The molecule has 0 aromatic carbocycles. The zero-order valence-corrected chi connectivity index (χ0v) is 8.74. The first-order valence-electron chi connectivity index (χ1n) is 4.91. The first-order chi connectivity index (χ1) is 5.55. The standard InChI is InChI=1S/C11H20O/c1-5-9-7-6-8-12-10(9)11(2,3)4/h5-8H2,1-4H3. The smallest absolute Gasteiger partial charge is 0.100 e. The van der Waals surface area contributed by atoms with E-state index in [4.69, 9.17) is 4.74 Å². The van der Waals surface area contributed by atoms with Crippen LogP contribution in [0.3, 0.4) is 0 Å². The number of hydrogen-bond acceptors (Lipinski definition) is 1. The van der Waals surface area contributed by atoms with Crippen molar-refractivity contribution in [2.75, 3.05) is 6.61 Å². The van der Waals surface area contributed by atoms with Crippen LogP contribution in [0.25, 0.3) is 0 Å². The Hall–Kier alpha value is -0.460. The number of ether oxygens (including phenoxy) is 1. The second kappa shape index (κ2) is 3.51. The predicted molar refractivity (Wildman–Crippen MR) is 52.0 cm³/mol. The van der Waals surface area contributed by atoms with Crippen LogP contribution in [0.2, 0.25) is 0 Å². The molecule has 12 heavy (non-hydrogen) atoms. The van der Waals surface area contributed by atoms with Crippen molar-refractivity contribution in [2.24, 2.45) is 5.41 Å². The fraction of sp³-hybridized carbons (Fsp3) is 0.818. The summed E-state index contributed by atoms with van der Waals surface area (Å²) in [4.78, 5) is 0. The molecule has 0 radical (unpaired) electrons. The molecule has 0 aromatic heterocycles. The lowest BCUT2D eigenvalue weighted by atomic mass is 9.87. The fourth-order valence-corrected chi connectivity index (χ4v) is 1.76. The van der Waals surface area contributed by atoms with Crippen LogP contribution in [0.5, 0.6) is 0 Å². The van der Waals surface area contributed by atoms with Gasteiger partial charge < -0.3 is 4.74 Å². The van der Waals surface area contributed by atoms with Gasteiger partial charge in [0.2, 0.25) is 0 Å². The highest BCUT2D eigenvalue weighted by Gasteiger charge is 2.24. The van der Waals surface area contributed by atoms with Crippen molar-refractivity contribution < 1.29 is 4.74 Å². The van der Waals surface area contributed by atoms with Crippen molar-refractivity contribution >= 4 is 0 Å². The van der Waals surface area contributed by atoms with Crippen molar-refractivity contribution in [2.45, 2.75) is 47.0 Å². The van der Waals surface area contributed by atoms with Crippen LogP contribution in [0.4, 0.5) is 0 Å². The van der Waals surface area contributed by atoms with E-state index in [0.29, 0.717) is 0 Å². The molecule has 0 saturated heterocycles. The van der Waals surface area contributed by atoms with Crippen LogP contribution >= 0.6 is 0 Å². The van der Waals surface area contributed by atoms with E-state index in [0.717, 1.165) is 13.0 Å². The molecule has 1 aliphatic heterocycles. The summed E-state index contributed by atoms with van der Waals surface area (Å²) in [6, 6.07) is 0. The Balaban J connectivity index is 2.87. The molecule has 0 fully saturated rings. The third-order valence-corrected chi connectivity index (χ3v) is 2.30. The van der Waals surface area contributed by atoms with Gasteiger partial charge in [0.05, 0.1) is 6.61 Å². The molecule has 0 saturated carbocycles. The van der Waals surface area contributed by atoms with Crippen LogP contribution in [0, 0.1) is 5.41 Å². The first-order valence-corrected chi connectivity index (χ1v) is 4.91. The van der Waals surface area contributed by atoms with Gasteiger partial charge in [0.1, 0.15) is 5.76 Å². The maximum Gasteiger partial charge on any atom is 0.100 e. The molecule has 0 spiro atoms. The highest BCUT2D eigenvalue weighted by molar-refractivity contribution is 5.15. The van der Waals surface area contributed by atoms with E-state index in [1.165, 1.54) is 24.2 Å². The third-order valence-electron chi connectivity index (χ3n) is 2.30. The SMILES string of the molecule is CCC1=C(C(C)(C)C)OCCC1. The zero-order chi connectivity index (χ0) is 9.19. The van der Waals surface area contributed by atoms with Gasteiger partial charge in [0.15, 0.2) is 0 Å². The Labute approximate surface area is 75.8 Å². The summed E-state index contributed by atoms with van der Waals surface area (Å²) in [6.45, 7) is 9.81. The van der Waals surface area contributed by atoms with E-state index in [-0.39, 0.29) is 5.41 Å². The molecular weight excluding hydrogens is 148 g/mol. The second-order valence-corrected chi connectivity index (χ2v) is 4.49. The van der Waals surface area contributed by atoms with Gasteiger partial charge in [-0.2, -0.15) is 0 Å². The molecule has 0 bridgehead atoms. The second-order valence-electron chi connectivity index (χ2n) is 4.49. The lowest BCUT2D eigenvalue weighted by molar-refractivity contribution is 0.128. The minimum Gasteiger partial charge on any atom is -0.497 e. The largest absolute Gasteiger partial charge is 0.497 e. The summed E-state index contributed by atoms with van der Waals surface area (Å²) in [7, 11) is 0. The van der Waals surface area contributed by atoms with Gasteiger partial charge in [-0.3, -0.25) is 0 Å². The minimum absolute atomic E-state index is 0.200. The summed E-state index contributed by atoms with van der Waals surface area (Å²) >= 11 is 0. The molecule has 1 heteroatoms. The van der Waals surface area contributed by atoms with Crippen molar-refractivity contribution in [3.05, 3.63) is 11.3 Å². The van der Waals surface area contributed by atoms with Crippen molar-refractivity contribution in [3.8, 4) is 0 Å². The van der Waals surface area contributed by atoms with E-state index in [1.807, 2.05) is 0 Å². The molecule has 70 valence electrons. The van der Waals surface area contributed by atoms with Crippen LogP contribution < -0.4 is 0 Å². The summed E-state index contributed by atoms with van der Waals surface area (Å²) in [5, 5.41) is 0. The quantitative estimate of drug-likeness (QED) is 0.582. The maximum absolute atomic E-state index is 5.73. The molecule has 0 N–H and O–H groups in total. The van der Waals surface area contributed by atoms with E-state index >= 15 is 0 Å². The zero-order valence-electron chi connectivity index (χ0n) is 8.74. The average Bonchev–Trinajstić information content (AvgIpc) is 2.03. The van der Waals surface area contributed by atoms with Gasteiger partial charge in [-0.25, -0.2) is 0 Å². The Kier molecular flexibility index (Phi) is 2.81. The van der Waals surface area contributed by atoms with E-state index < -0.39 is 0 Å². The molecule has 1 heterocycles. The molecule has 1 rings (SSSR count). The van der Waals surface area contributed by atoms with Crippen molar-refractivity contribution in [3.63, 3.8) is 0 Å². The maximum atomic E-state index is 5.73. The molecule has 1 aliphatic rings. The van der Waals surface area contributed by atoms with Gasteiger partial charge in [-0.05, 0) is 24.8 Å². The highest BCUT2D eigenvalue weighted by atomic mass is 16.5. The van der Waals surface area contributed by atoms with Crippen molar-refractivity contribution in [1.29, 1.82) is 0 Å². The average molecular weight is 168 g/mol. The van der Waals surface area contributed by atoms with E-state index in [9.17, 15) is 0 Å². The topological polar surface area (TPSA) is 9.23 Å². The normalized spacial score (nSPS) is 19.3. The van der Waals surface area contributed by atoms with Crippen LogP contribution in [-0.4, -0.2) is 6.61 Å². The van der Waals surface area contributed by atoms with E-state index in [2.05, 4.69) is 27.7 Å². The van der Waals surface area contributed by atoms with E-state index in [1.54, 1.807) is 0 Å². The van der Waals surface area contributed by atoms with Crippen LogP contribution in [0.15, 0.2) is 11.3 Å². The summed E-state index contributed by atoms with van der Waals surface area (Å²) in [5.74, 6) is 1.25. The molecule has 0 atom stereocenters. The Morgan fingerprint density at radius 3 is 2.42 bits per heavy atom. The minimum atomic E-state index is 0.200. The van der Waals surface area contributed by atoms with Crippen molar-refractivity contribution in [1.82, 2.24) is 0 Å². The van der Waals surface area contributed by atoms with Crippen LogP contribution in [0.1, 0.15) is 47.0 Å². The Morgan fingerprint density at radius 2 is 2.00 bits per heavy atom. The third kappa shape index (κ3) is 2.02. The van der Waals surface area contributed by atoms with Gasteiger partial charge in [0.25, 0.3) is 0 Å². The molecule has 0 unspecified atom stereocenters. The van der Waals surface area contributed by atoms with Gasteiger partial charge in [-0.1, -0.05) is 27.7 Å². The lowest BCUT2D eigenvalue weighted by Crippen LogP contribution is -2.19. The molecular formula is C11H20O. The van der Waals surface area contributed by atoms with Gasteiger partial charge in [-0.15, -0.1) is 0 Å². The lowest BCUT2D eigenvalue weighted by Gasteiger charge is -2.30. The molecule has 0 aromatic rings. The summed E-state index contributed by atoms with van der Waals surface area (Å²) in [5.41, 5.74) is 1.72. The van der Waals surface area contributed by atoms with Gasteiger partial charge in [0, 0.05) is 5.41 Å². The Morgan fingerprint density at radius 1 is 1.33 bits per heavy atom. The highest BCUT2D eigenvalue weighted by Crippen LogP contribution is 2.34. The summed E-state index contributed by atoms with van der Waals surface area (Å²) in [6.07, 6.45) is 3.58. The predicted octanol–water partition coefficient (Wildman–Crippen LogP) is 3.51. The van der Waals surface area contributed by atoms with Gasteiger partial charge >= 0.3 is 0 Å². The Bertz CT molecular complexity index is 184. The molecule has 1 nitrogen and oxygen atoms in total. The number of allylic oxidation sites excluding steroid dienone is 2. The number of hydrogen-bond donors (Lipinski definition) is 0. The molecule has 0 aliphatic carbocycles.